The van der Waals surface area contributed by atoms with Crippen LogP contribution in [0.1, 0.15) is 38.5 Å². The van der Waals surface area contributed by atoms with Gasteiger partial charge >= 0.3 is 14.7 Å². The Bertz CT molecular complexity index is 228. The van der Waals surface area contributed by atoms with Crippen molar-refractivity contribution in [2.24, 2.45) is 0 Å². The summed E-state index contributed by atoms with van der Waals surface area (Å²) in [6.07, 6.45) is -1.19. The number of rotatable bonds is 10. The summed E-state index contributed by atoms with van der Waals surface area (Å²) < 4.78 is 46.4. The van der Waals surface area contributed by atoms with Gasteiger partial charge in [0.25, 0.3) is 0 Å². The van der Waals surface area contributed by atoms with E-state index in [1.807, 2.05) is 0 Å². The second-order valence-electron chi connectivity index (χ2n) is 4.31. The van der Waals surface area contributed by atoms with Gasteiger partial charge in [-0.05, 0) is 18.2 Å². The van der Waals surface area contributed by atoms with E-state index in [4.69, 9.17) is 8.85 Å². The average molecular weight is 284 g/mol. The minimum Gasteiger partial charge on any atom is -0.395 e. The Balaban J connectivity index is 3.59. The number of alkyl halides is 3. The molecule has 0 saturated heterocycles. The maximum Gasteiger partial charge on any atom is 0.389 e. The maximum absolute atomic E-state index is 11.9. The van der Waals surface area contributed by atoms with Gasteiger partial charge in [0.1, 0.15) is 0 Å². The van der Waals surface area contributed by atoms with Crippen LogP contribution in [0.5, 0.6) is 0 Å². The highest BCUT2D eigenvalue weighted by molar-refractivity contribution is 6.72. The van der Waals surface area contributed by atoms with Crippen molar-refractivity contribution < 1.29 is 22.0 Å². The SMILES string of the molecule is C=C[Si](CCCCCCCC(F)(F)F)(OC)OC. The summed E-state index contributed by atoms with van der Waals surface area (Å²) in [6.45, 7) is 3.72. The molecule has 18 heavy (non-hydrogen) atoms. The molecular weight excluding hydrogens is 261 g/mol. The quantitative estimate of drug-likeness (QED) is 0.438. The first-order valence-corrected chi connectivity index (χ1v) is 8.30. The topological polar surface area (TPSA) is 18.5 Å². The molecule has 0 aromatic carbocycles. The molecule has 0 aromatic heterocycles. The fourth-order valence-corrected chi connectivity index (χ4v) is 3.64. The first-order valence-electron chi connectivity index (χ1n) is 6.20. The van der Waals surface area contributed by atoms with Crippen molar-refractivity contribution in [3.8, 4) is 0 Å². The fourth-order valence-electron chi connectivity index (χ4n) is 1.78. The molecule has 108 valence electrons. The van der Waals surface area contributed by atoms with Gasteiger partial charge in [-0.25, -0.2) is 0 Å². The molecule has 0 unspecified atom stereocenters. The van der Waals surface area contributed by atoms with Crippen LogP contribution in [-0.4, -0.2) is 29.0 Å². The molecule has 0 aliphatic heterocycles. The Morgan fingerprint density at radius 2 is 1.50 bits per heavy atom. The van der Waals surface area contributed by atoms with Gasteiger partial charge in [-0.3, -0.25) is 0 Å². The molecule has 0 atom stereocenters. The lowest BCUT2D eigenvalue weighted by molar-refractivity contribution is -0.135. The maximum atomic E-state index is 11.9. The molecule has 0 aliphatic carbocycles. The van der Waals surface area contributed by atoms with Crippen LogP contribution in [0.3, 0.4) is 0 Å². The molecule has 0 heterocycles. The van der Waals surface area contributed by atoms with E-state index >= 15 is 0 Å². The molecule has 0 rings (SSSR count). The van der Waals surface area contributed by atoms with Crippen LogP contribution in [0.4, 0.5) is 13.2 Å². The van der Waals surface area contributed by atoms with Gasteiger partial charge in [-0.15, -0.1) is 6.58 Å². The Morgan fingerprint density at radius 3 is 1.94 bits per heavy atom. The van der Waals surface area contributed by atoms with Crippen LogP contribution in [0, 0.1) is 0 Å². The van der Waals surface area contributed by atoms with Crippen molar-refractivity contribution in [3.05, 3.63) is 12.3 Å². The van der Waals surface area contributed by atoms with E-state index in [2.05, 4.69) is 6.58 Å². The highest BCUT2D eigenvalue weighted by Crippen LogP contribution is 2.23. The molecule has 6 heteroatoms. The molecule has 0 radical (unpaired) electrons. The normalized spacial score (nSPS) is 12.7. The summed E-state index contributed by atoms with van der Waals surface area (Å²) in [6, 6.07) is 0.808. The summed E-state index contributed by atoms with van der Waals surface area (Å²) in [5.74, 6) is 0. The zero-order chi connectivity index (χ0) is 14.1. The molecule has 0 spiro atoms. The predicted octanol–water partition coefficient (Wildman–Crippen LogP) is 4.35. The molecule has 0 amide bonds. The lowest BCUT2D eigenvalue weighted by atomic mass is 10.1. The van der Waals surface area contributed by atoms with Crippen molar-refractivity contribution in [1.29, 1.82) is 0 Å². The summed E-state index contributed by atoms with van der Waals surface area (Å²) in [5, 5.41) is 0. The second-order valence-corrected chi connectivity index (χ2v) is 7.66. The third-order valence-corrected chi connectivity index (χ3v) is 6.04. The minimum atomic E-state index is -4.02. The van der Waals surface area contributed by atoms with Gasteiger partial charge in [0, 0.05) is 20.6 Å². The lowest BCUT2D eigenvalue weighted by Crippen LogP contribution is -2.37. The molecule has 0 N–H and O–H groups in total. The van der Waals surface area contributed by atoms with Crippen LogP contribution in [0.2, 0.25) is 6.04 Å². The Hall–Kier alpha value is -0.333. The second kappa shape index (κ2) is 8.71. The summed E-state index contributed by atoms with van der Waals surface area (Å²) in [7, 11) is 0.992. The zero-order valence-electron chi connectivity index (χ0n) is 11.2. The van der Waals surface area contributed by atoms with Gasteiger partial charge in [0.05, 0.1) is 0 Å². The van der Waals surface area contributed by atoms with Gasteiger partial charge in [-0.2, -0.15) is 13.2 Å². The largest absolute Gasteiger partial charge is 0.395 e. The van der Waals surface area contributed by atoms with Crippen LogP contribution in [0.15, 0.2) is 12.3 Å². The van der Waals surface area contributed by atoms with Crippen LogP contribution < -0.4 is 0 Å². The van der Waals surface area contributed by atoms with E-state index in [0.717, 1.165) is 25.3 Å². The van der Waals surface area contributed by atoms with Crippen LogP contribution in [-0.2, 0) is 8.85 Å². The molecule has 0 fully saturated rings. The predicted molar refractivity (Wildman–Crippen MR) is 68.5 cm³/mol. The van der Waals surface area contributed by atoms with Gasteiger partial charge < -0.3 is 8.85 Å². The fraction of sp³-hybridized carbons (Fsp3) is 0.833. The molecule has 0 aliphatic rings. The van der Waals surface area contributed by atoms with Gasteiger partial charge in [-0.1, -0.05) is 25.7 Å². The lowest BCUT2D eigenvalue weighted by Gasteiger charge is -2.23. The minimum absolute atomic E-state index is 0.224. The van der Waals surface area contributed by atoms with E-state index in [9.17, 15) is 13.2 Å². The van der Waals surface area contributed by atoms with Crippen molar-refractivity contribution in [3.63, 3.8) is 0 Å². The first kappa shape index (κ1) is 17.7. The Labute approximate surface area is 108 Å². The van der Waals surface area contributed by atoms with Crippen LogP contribution in [0.25, 0.3) is 0 Å². The van der Waals surface area contributed by atoms with Crippen molar-refractivity contribution >= 4 is 8.56 Å². The smallest absolute Gasteiger partial charge is 0.389 e. The van der Waals surface area contributed by atoms with E-state index in [1.165, 1.54) is 0 Å². The van der Waals surface area contributed by atoms with Gasteiger partial charge in [0.15, 0.2) is 0 Å². The standard InChI is InChI=1S/C12H23F3O2Si/c1-4-18(16-2,17-3)11-9-7-5-6-8-10-12(13,14)15/h4H,1,5-11H2,2-3H3. The van der Waals surface area contributed by atoms with Crippen molar-refractivity contribution in [2.45, 2.75) is 50.7 Å². The Morgan fingerprint density at radius 1 is 1.00 bits per heavy atom. The highest BCUT2D eigenvalue weighted by atomic mass is 28.4. The molecule has 0 bridgehead atoms. The average Bonchev–Trinajstić information content (AvgIpc) is 2.32. The number of halogens is 3. The van der Waals surface area contributed by atoms with Crippen LogP contribution >= 0.6 is 0 Å². The Kier molecular flexibility index (Phi) is 8.55. The van der Waals surface area contributed by atoms with E-state index < -0.39 is 21.2 Å². The number of unbranched alkanes of at least 4 members (excludes halogenated alkanes) is 4. The summed E-state index contributed by atoms with van der Waals surface area (Å²) in [4.78, 5) is 0. The third-order valence-electron chi connectivity index (χ3n) is 2.99. The number of hydrogen-bond donors (Lipinski definition) is 0. The number of hydrogen-bond acceptors (Lipinski definition) is 2. The summed E-state index contributed by atoms with van der Waals surface area (Å²) >= 11 is 0. The third kappa shape index (κ3) is 7.89. The molecule has 0 aromatic rings. The van der Waals surface area contributed by atoms with Crippen molar-refractivity contribution in [1.82, 2.24) is 0 Å². The van der Waals surface area contributed by atoms with Gasteiger partial charge in [0.2, 0.25) is 0 Å². The molecular formula is C12H23F3O2Si. The highest BCUT2D eigenvalue weighted by Gasteiger charge is 2.30. The zero-order valence-corrected chi connectivity index (χ0v) is 12.2. The van der Waals surface area contributed by atoms with E-state index in [0.29, 0.717) is 6.42 Å². The monoisotopic (exact) mass is 284 g/mol. The van der Waals surface area contributed by atoms with E-state index in [1.54, 1.807) is 19.9 Å². The van der Waals surface area contributed by atoms with E-state index in [-0.39, 0.29) is 6.42 Å². The molecule has 2 nitrogen and oxygen atoms in total. The first-order chi connectivity index (χ1) is 8.39. The summed E-state index contributed by atoms with van der Waals surface area (Å²) in [5.41, 5.74) is 1.75. The molecule has 0 saturated carbocycles. The van der Waals surface area contributed by atoms with Crippen molar-refractivity contribution in [2.75, 3.05) is 14.2 Å².